The van der Waals surface area contributed by atoms with Crippen molar-refractivity contribution in [3.8, 4) is 11.3 Å². The smallest absolute Gasteiger partial charge is 0.269 e. The number of carbonyl (C=O) groups excluding carboxylic acids is 1. The Balaban J connectivity index is 1.64. The van der Waals surface area contributed by atoms with Crippen molar-refractivity contribution in [1.29, 1.82) is 0 Å². The summed E-state index contributed by atoms with van der Waals surface area (Å²) in [5.74, 6) is -0.120. The highest BCUT2D eigenvalue weighted by Gasteiger charge is 2.30. The fourth-order valence-corrected chi connectivity index (χ4v) is 2.61. The Morgan fingerprint density at radius 3 is 2.76 bits per heavy atom. The maximum atomic E-state index is 12.1. The lowest BCUT2D eigenvalue weighted by atomic mass is 9.89. The van der Waals surface area contributed by atoms with Crippen molar-refractivity contribution in [2.45, 2.75) is 25.0 Å². The Bertz CT molecular complexity index is 633. The van der Waals surface area contributed by atoms with Gasteiger partial charge in [-0.15, -0.1) is 0 Å². The van der Waals surface area contributed by atoms with E-state index in [0.29, 0.717) is 5.69 Å². The van der Waals surface area contributed by atoms with E-state index >= 15 is 0 Å². The quantitative estimate of drug-likeness (QED) is 0.891. The summed E-state index contributed by atoms with van der Waals surface area (Å²) in [5, 5.41) is 9.96. The van der Waals surface area contributed by atoms with Gasteiger partial charge < -0.3 is 10.1 Å². The molecule has 21 heavy (non-hydrogen) atoms. The summed E-state index contributed by atoms with van der Waals surface area (Å²) >= 11 is 3.40. The van der Waals surface area contributed by atoms with E-state index < -0.39 is 0 Å². The van der Waals surface area contributed by atoms with Gasteiger partial charge in [-0.05, 0) is 31.0 Å². The van der Waals surface area contributed by atoms with E-state index in [9.17, 15) is 4.79 Å². The van der Waals surface area contributed by atoms with E-state index in [-0.39, 0.29) is 18.1 Å². The topological polar surface area (TPSA) is 67.0 Å². The second-order valence-corrected chi connectivity index (χ2v) is 6.09. The highest BCUT2D eigenvalue weighted by molar-refractivity contribution is 9.10. The van der Waals surface area contributed by atoms with Crippen LogP contribution in [0.15, 0.2) is 34.8 Å². The van der Waals surface area contributed by atoms with Crippen molar-refractivity contribution in [2.24, 2.45) is 0 Å². The number of carbonyl (C=O) groups is 1. The molecule has 6 heteroatoms. The molecule has 1 amide bonds. The van der Waals surface area contributed by atoms with E-state index in [1.54, 1.807) is 13.2 Å². The third kappa shape index (κ3) is 3.16. The van der Waals surface area contributed by atoms with E-state index in [2.05, 4.69) is 31.4 Å². The minimum absolute atomic E-state index is 0.120. The Morgan fingerprint density at radius 2 is 2.10 bits per heavy atom. The van der Waals surface area contributed by atoms with Crippen molar-refractivity contribution in [3.05, 3.63) is 40.5 Å². The Hall–Kier alpha value is -1.66. The van der Waals surface area contributed by atoms with Gasteiger partial charge in [-0.1, -0.05) is 28.1 Å². The van der Waals surface area contributed by atoms with Crippen LogP contribution in [-0.4, -0.2) is 35.4 Å². The number of ether oxygens (including phenoxy) is 1. The molecule has 0 spiro atoms. The molecule has 0 saturated heterocycles. The predicted molar refractivity (Wildman–Crippen MR) is 83.0 cm³/mol. The average Bonchev–Trinajstić information content (AvgIpc) is 2.92. The molecule has 1 aromatic carbocycles. The number of aromatic amines is 1. The maximum Gasteiger partial charge on any atom is 0.269 e. The third-order valence-electron chi connectivity index (χ3n) is 3.73. The lowest BCUT2D eigenvalue weighted by Crippen LogP contribution is -2.47. The summed E-state index contributed by atoms with van der Waals surface area (Å²) in [6.07, 6.45) is 2.02. The number of nitrogens with zero attached hydrogens (tertiary/aromatic N) is 1. The number of H-pyrrole nitrogens is 1. The zero-order valence-corrected chi connectivity index (χ0v) is 13.2. The summed E-state index contributed by atoms with van der Waals surface area (Å²) in [6.45, 7) is 0. The first-order chi connectivity index (χ1) is 10.2. The van der Waals surface area contributed by atoms with Crippen LogP contribution in [0.4, 0.5) is 0 Å². The van der Waals surface area contributed by atoms with Gasteiger partial charge in [0.1, 0.15) is 5.69 Å². The molecule has 0 atom stereocenters. The van der Waals surface area contributed by atoms with Gasteiger partial charge >= 0.3 is 0 Å². The van der Waals surface area contributed by atoms with Gasteiger partial charge in [-0.2, -0.15) is 5.10 Å². The van der Waals surface area contributed by atoms with Gasteiger partial charge in [0.25, 0.3) is 5.91 Å². The van der Waals surface area contributed by atoms with Gasteiger partial charge in [0, 0.05) is 23.2 Å². The van der Waals surface area contributed by atoms with Gasteiger partial charge in [-0.3, -0.25) is 9.89 Å². The summed E-state index contributed by atoms with van der Waals surface area (Å²) in [5.41, 5.74) is 2.21. The summed E-state index contributed by atoms with van der Waals surface area (Å²) in [7, 11) is 1.70. The Morgan fingerprint density at radius 1 is 1.38 bits per heavy atom. The fourth-order valence-electron chi connectivity index (χ4n) is 2.35. The van der Waals surface area contributed by atoms with Crippen molar-refractivity contribution >= 4 is 21.8 Å². The molecule has 2 aromatic rings. The van der Waals surface area contributed by atoms with E-state index in [0.717, 1.165) is 28.6 Å². The number of hydrogen-bond donors (Lipinski definition) is 2. The highest BCUT2D eigenvalue weighted by atomic mass is 79.9. The molecule has 1 aliphatic carbocycles. The second kappa shape index (κ2) is 5.99. The van der Waals surface area contributed by atoms with Crippen LogP contribution in [0, 0.1) is 0 Å². The number of nitrogens with one attached hydrogen (secondary N) is 2. The molecule has 0 bridgehead atoms. The number of halogens is 1. The molecule has 1 aliphatic rings. The van der Waals surface area contributed by atoms with Crippen LogP contribution < -0.4 is 5.32 Å². The maximum absolute atomic E-state index is 12.1. The average molecular weight is 350 g/mol. The highest BCUT2D eigenvalue weighted by Crippen LogP contribution is 2.23. The van der Waals surface area contributed by atoms with Crippen LogP contribution in [0.3, 0.4) is 0 Å². The van der Waals surface area contributed by atoms with Crippen molar-refractivity contribution < 1.29 is 9.53 Å². The van der Waals surface area contributed by atoms with Gasteiger partial charge in [0.15, 0.2) is 0 Å². The minimum atomic E-state index is -0.120. The summed E-state index contributed by atoms with van der Waals surface area (Å²) in [6, 6.07) is 9.77. The normalized spacial score (nSPS) is 20.9. The molecule has 0 radical (unpaired) electrons. The van der Waals surface area contributed by atoms with Crippen LogP contribution in [0.1, 0.15) is 23.3 Å². The molecule has 1 aromatic heterocycles. The first kappa shape index (κ1) is 14.3. The van der Waals surface area contributed by atoms with Crippen LogP contribution in [0.2, 0.25) is 0 Å². The Kier molecular flexibility index (Phi) is 4.07. The molecule has 1 saturated carbocycles. The zero-order chi connectivity index (χ0) is 14.8. The third-order valence-corrected chi connectivity index (χ3v) is 4.25. The molecular formula is C15H16BrN3O2. The second-order valence-electron chi connectivity index (χ2n) is 5.17. The predicted octanol–water partition coefficient (Wildman–Crippen LogP) is 2.75. The number of methoxy groups -OCH3 is 1. The van der Waals surface area contributed by atoms with Crippen LogP contribution >= 0.6 is 15.9 Å². The molecule has 2 N–H and O–H groups in total. The summed E-state index contributed by atoms with van der Waals surface area (Å²) in [4.78, 5) is 12.1. The molecule has 0 aliphatic heterocycles. The van der Waals surface area contributed by atoms with Crippen molar-refractivity contribution in [2.75, 3.05) is 7.11 Å². The zero-order valence-electron chi connectivity index (χ0n) is 11.6. The van der Waals surface area contributed by atoms with Crippen LogP contribution in [0.5, 0.6) is 0 Å². The van der Waals surface area contributed by atoms with Crippen molar-refractivity contribution in [1.82, 2.24) is 15.5 Å². The molecular weight excluding hydrogens is 334 g/mol. The molecule has 1 heterocycles. The number of hydrogen-bond acceptors (Lipinski definition) is 3. The fraction of sp³-hybridized carbons (Fsp3) is 0.333. The standard InChI is InChI=1S/C15H16BrN3O2/c1-21-12-6-11(7-12)17-15(20)14-8-13(18-19-14)9-2-4-10(16)5-3-9/h2-5,8,11-12H,6-7H2,1H3,(H,17,20)(H,18,19). The SMILES string of the molecule is COC1CC(NC(=O)c2cc(-c3ccc(Br)cc3)n[nH]2)C1. The molecule has 3 rings (SSSR count). The van der Waals surface area contributed by atoms with Gasteiger partial charge in [0.05, 0.1) is 11.8 Å². The van der Waals surface area contributed by atoms with Gasteiger partial charge in [0.2, 0.25) is 0 Å². The molecule has 5 nitrogen and oxygen atoms in total. The Labute approximate surface area is 131 Å². The van der Waals surface area contributed by atoms with E-state index in [1.807, 2.05) is 24.3 Å². The lowest BCUT2D eigenvalue weighted by Gasteiger charge is -2.34. The number of benzene rings is 1. The van der Waals surface area contributed by atoms with Crippen LogP contribution in [0.25, 0.3) is 11.3 Å². The lowest BCUT2D eigenvalue weighted by molar-refractivity contribution is 0.0175. The monoisotopic (exact) mass is 349 g/mol. The van der Waals surface area contributed by atoms with E-state index in [4.69, 9.17) is 4.74 Å². The first-order valence-electron chi connectivity index (χ1n) is 6.80. The summed E-state index contributed by atoms with van der Waals surface area (Å²) < 4.78 is 6.21. The van der Waals surface area contributed by atoms with Crippen LogP contribution in [-0.2, 0) is 4.74 Å². The number of aromatic nitrogens is 2. The van der Waals surface area contributed by atoms with E-state index in [1.165, 1.54) is 0 Å². The number of rotatable bonds is 4. The van der Waals surface area contributed by atoms with Gasteiger partial charge in [-0.25, -0.2) is 0 Å². The molecule has 1 fully saturated rings. The first-order valence-corrected chi connectivity index (χ1v) is 7.60. The molecule has 0 unspecified atom stereocenters. The minimum Gasteiger partial charge on any atom is -0.381 e. The molecule has 110 valence electrons. The largest absolute Gasteiger partial charge is 0.381 e. The van der Waals surface area contributed by atoms with Crippen molar-refractivity contribution in [3.63, 3.8) is 0 Å². The number of amides is 1.